The van der Waals surface area contributed by atoms with Crippen LogP contribution in [0.5, 0.6) is 11.5 Å². The Morgan fingerprint density at radius 3 is 2.61 bits per heavy atom. The standard InChI is InChI=1S/C18H16O5/c1-10(19)23-6-5-11-7-13-9-12-3-2-4-14(20)16(12)18(22)17(13)15(21)8-11/h2-4,7-8,20-21H,5-6,9H2,1H3. The molecule has 0 amide bonds. The fourth-order valence-electron chi connectivity index (χ4n) is 2.93. The van der Waals surface area contributed by atoms with E-state index in [0.717, 1.165) is 11.1 Å². The molecule has 2 aromatic carbocycles. The van der Waals surface area contributed by atoms with Gasteiger partial charge < -0.3 is 14.9 Å². The number of phenols is 2. The number of benzene rings is 2. The fraction of sp³-hybridized carbons (Fsp3) is 0.222. The van der Waals surface area contributed by atoms with Crippen LogP contribution in [0.1, 0.15) is 39.5 Å². The van der Waals surface area contributed by atoms with E-state index in [1.165, 1.54) is 19.1 Å². The highest BCUT2D eigenvalue weighted by Gasteiger charge is 2.28. The van der Waals surface area contributed by atoms with Crippen molar-refractivity contribution in [3.8, 4) is 11.5 Å². The van der Waals surface area contributed by atoms with Gasteiger partial charge in [-0.3, -0.25) is 9.59 Å². The van der Waals surface area contributed by atoms with Crippen LogP contribution in [0.2, 0.25) is 0 Å². The fourth-order valence-corrected chi connectivity index (χ4v) is 2.93. The molecule has 2 N–H and O–H groups in total. The van der Waals surface area contributed by atoms with E-state index >= 15 is 0 Å². The molecule has 0 atom stereocenters. The van der Waals surface area contributed by atoms with Crippen LogP contribution in [-0.2, 0) is 22.4 Å². The highest BCUT2D eigenvalue weighted by molar-refractivity contribution is 6.15. The molecule has 0 saturated heterocycles. The van der Waals surface area contributed by atoms with Crippen LogP contribution in [0.3, 0.4) is 0 Å². The predicted octanol–water partition coefficient (Wildman–Crippen LogP) is 2.34. The molecule has 23 heavy (non-hydrogen) atoms. The van der Waals surface area contributed by atoms with Crippen molar-refractivity contribution in [1.82, 2.24) is 0 Å². The van der Waals surface area contributed by atoms with Gasteiger partial charge in [0.05, 0.1) is 17.7 Å². The first-order chi connectivity index (χ1) is 11.0. The van der Waals surface area contributed by atoms with Gasteiger partial charge in [0.1, 0.15) is 11.5 Å². The molecule has 1 aliphatic carbocycles. The molecular formula is C18H16O5. The summed E-state index contributed by atoms with van der Waals surface area (Å²) < 4.78 is 4.90. The number of aromatic hydroxyl groups is 2. The van der Waals surface area contributed by atoms with Crippen LogP contribution < -0.4 is 0 Å². The maximum Gasteiger partial charge on any atom is 0.302 e. The molecule has 0 aliphatic heterocycles. The van der Waals surface area contributed by atoms with E-state index in [4.69, 9.17) is 4.74 Å². The summed E-state index contributed by atoms with van der Waals surface area (Å²) in [5.74, 6) is -0.911. The van der Waals surface area contributed by atoms with E-state index < -0.39 is 0 Å². The highest BCUT2D eigenvalue weighted by Crippen LogP contribution is 2.37. The lowest BCUT2D eigenvalue weighted by atomic mass is 9.83. The van der Waals surface area contributed by atoms with Gasteiger partial charge in [0.25, 0.3) is 0 Å². The Bertz CT molecular complexity index is 807. The number of ether oxygens (including phenoxy) is 1. The number of carbonyl (C=O) groups is 2. The minimum atomic E-state index is -0.372. The average molecular weight is 312 g/mol. The Balaban J connectivity index is 1.96. The van der Waals surface area contributed by atoms with Gasteiger partial charge in [0.2, 0.25) is 5.78 Å². The minimum absolute atomic E-state index is 0.0727. The number of esters is 1. The lowest BCUT2D eigenvalue weighted by molar-refractivity contribution is -0.140. The monoisotopic (exact) mass is 312 g/mol. The zero-order valence-electron chi connectivity index (χ0n) is 12.6. The number of ketones is 1. The number of carbonyl (C=O) groups excluding carboxylic acids is 2. The Hall–Kier alpha value is -2.82. The van der Waals surface area contributed by atoms with Crippen molar-refractivity contribution in [1.29, 1.82) is 0 Å². The number of fused-ring (bicyclic) bond motifs is 2. The lowest BCUT2D eigenvalue weighted by Gasteiger charge is -2.21. The molecule has 0 bridgehead atoms. The summed E-state index contributed by atoms with van der Waals surface area (Å²) in [6.07, 6.45) is 0.918. The Morgan fingerprint density at radius 2 is 1.87 bits per heavy atom. The van der Waals surface area contributed by atoms with Crippen molar-refractivity contribution < 1.29 is 24.5 Å². The van der Waals surface area contributed by atoms with Gasteiger partial charge in [-0.15, -0.1) is 0 Å². The van der Waals surface area contributed by atoms with Gasteiger partial charge >= 0.3 is 5.97 Å². The summed E-state index contributed by atoms with van der Waals surface area (Å²) in [6, 6.07) is 8.29. The number of hydrogen-bond acceptors (Lipinski definition) is 5. The zero-order chi connectivity index (χ0) is 16.6. The van der Waals surface area contributed by atoms with E-state index in [1.54, 1.807) is 12.1 Å². The van der Waals surface area contributed by atoms with Gasteiger partial charge in [-0.05, 0) is 35.2 Å². The van der Waals surface area contributed by atoms with E-state index in [9.17, 15) is 19.8 Å². The first-order valence-corrected chi connectivity index (χ1v) is 7.31. The van der Waals surface area contributed by atoms with E-state index in [2.05, 4.69) is 0 Å². The first kappa shape index (κ1) is 15.1. The second-order valence-corrected chi connectivity index (χ2v) is 5.56. The molecule has 2 aromatic rings. The van der Waals surface area contributed by atoms with Gasteiger partial charge in [-0.1, -0.05) is 18.2 Å². The van der Waals surface area contributed by atoms with E-state index in [1.807, 2.05) is 6.07 Å². The third-order valence-electron chi connectivity index (χ3n) is 3.92. The van der Waals surface area contributed by atoms with Crippen molar-refractivity contribution >= 4 is 11.8 Å². The normalized spacial score (nSPS) is 12.5. The van der Waals surface area contributed by atoms with Crippen molar-refractivity contribution in [3.63, 3.8) is 0 Å². The Labute approximate surface area is 133 Å². The van der Waals surface area contributed by atoms with Crippen LogP contribution in [0.4, 0.5) is 0 Å². The largest absolute Gasteiger partial charge is 0.507 e. The number of rotatable bonds is 3. The molecule has 5 heteroatoms. The molecule has 0 radical (unpaired) electrons. The first-order valence-electron chi connectivity index (χ1n) is 7.31. The van der Waals surface area contributed by atoms with Crippen LogP contribution >= 0.6 is 0 Å². The summed E-state index contributed by atoms with van der Waals surface area (Å²) in [5, 5.41) is 20.1. The molecule has 5 nitrogen and oxygen atoms in total. The zero-order valence-corrected chi connectivity index (χ0v) is 12.6. The van der Waals surface area contributed by atoms with Crippen LogP contribution in [0, 0.1) is 0 Å². The minimum Gasteiger partial charge on any atom is -0.507 e. The number of hydrogen-bond donors (Lipinski definition) is 2. The third-order valence-corrected chi connectivity index (χ3v) is 3.92. The second kappa shape index (κ2) is 5.76. The van der Waals surface area contributed by atoms with E-state index in [0.29, 0.717) is 18.4 Å². The summed E-state index contributed by atoms with van der Waals surface area (Å²) in [5.41, 5.74) is 2.72. The summed E-state index contributed by atoms with van der Waals surface area (Å²) >= 11 is 0. The quantitative estimate of drug-likeness (QED) is 0.725. The van der Waals surface area contributed by atoms with Crippen LogP contribution in [0.15, 0.2) is 30.3 Å². The molecule has 0 aromatic heterocycles. The summed E-state index contributed by atoms with van der Waals surface area (Å²) in [4.78, 5) is 23.4. The van der Waals surface area contributed by atoms with Gasteiger partial charge in [-0.25, -0.2) is 0 Å². The third kappa shape index (κ3) is 2.77. The molecule has 0 heterocycles. The maximum atomic E-state index is 12.6. The molecule has 0 fully saturated rings. The van der Waals surface area contributed by atoms with Crippen LogP contribution in [-0.4, -0.2) is 28.6 Å². The molecule has 0 unspecified atom stereocenters. The Morgan fingerprint density at radius 1 is 1.13 bits per heavy atom. The SMILES string of the molecule is CC(=O)OCCc1cc(O)c2c(c1)Cc1cccc(O)c1C2=O. The summed E-state index contributed by atoms with van der Waals surface area (Å²) in [7, 11) is 0. The van der Waals surface area contributed by atoms with Crippen molar-refractivity contribution in [2.75, 3.05) is 6.61 Å². The predicted molar refractivity (Wildman–Crippen MR) is 82.8 cm³/mol. The molecule has 1 aliphatic rings. The maximum absolute atomic E-state index is 12.6. The Kier molecular flexibility index (Phi) is 3.78. The van der Waals surface area contributed by atoms with Crippen LogP contribution in [0.25, 0.3) is 0 Å². The van der Waals surface area contributed by atoms with Crippen molar-refractivity contribution in [3.05, 3.63) is 58.1 Å². The van der Waals surface area contributed by atoms with Crippen molar-refractivity contribution in [2.45, 2.75) is 19.8 Å². The smallest absolute Gasteiger partial charge is 0.302 e. The van der Waals surface area contributed by atoms with Gasteiger partial charge in [0.15, 0.2) is 0 Å². The molecular weight excluding hydrogens is 296 g/mol. The second-order valence-electron chi connectivity index (χ2n) is 5.56. The molecule has 3 rings (SSSR count). The molecule has 0 saturated carbocycles. The topological polar surface area (TPSA) is 83.8 Å². The van der Waals surface area contributed by atoms with Gasteiger partial charge in [-0.2, -0.15) is 0 Å². The average Bonchev–Trinajstić information content (AvgIpc) is 2.46. The van der Waals surface area contributed by atoms with E-state index in [-0.39, 0.29) is 41.0 Å². The molecule has 0 spiro atoms. The summed E-state index contributed by atoms with van der Waals surface area (Å²) in [6.45, 7) is 1.56. The van der Waals surface area contributed by atoms with Gasteiger partial charge in [0, 0.05) is 13.3 Å². The van der Waals surface area contributed by atoms with Crippen molar-refractivity contribution in [2.24, 2.45) is 0 Å². The molecule has 118 valence electrons. The number of phenolic OH excluding ortho intramolecular Hbond substituents is 2. The highest BCUT2D eigenvalue weighted by atomic mass is 16.5. The lowest BCUT2D eigenvalue weighted by Crippen LogP contribution is -2.16.